The molecular weight excluding hydrogens is 537 g/mol. The lowest BCUT2D eigenvalue weighted by atomic mass is 10.1. The lowest BCUT2D eigenvalue weighted by Crippen LogP contribution is -2.47. The molecule has 9 heteroatoms. The number of anilines is 2. The van der Waals surface area contributed by atoms with Crippen LogP contribution in [0.3, 0.4) is 0 Å². The van der Waals surface area contributed by atoms with E-state index in [-0.39, 0.29) is 30.7 Å². The number of hydrogen-bond donors (Lipinski definition) is 1. The lowest BCUT2D eigenvalue weighted by molar-refractivity contribution is 0.103. The van der Waals surface area contributed by atoms with Crippen molar-refractivity contribution in [1.82, 2.24) is 14.9 Å². The summed E-state index contributed by atoms with van der Waals surface area (Å²) in [6.45, 7) is 10.1. The summed E-state index contributed by atoms with van der Waals surface area (Å²) in [4.78, 5) is 27.5. The molecule has 6 nitrogen and oxygen atoms in total. The first-order chi connectivity index (χ1) is 17.5. The van der Waals surface area contributed by atoms with E-state index >= 15 is 0 Å². The highest BCUT2D eigenvalue weighted by atomic mass is 35.5. The van der Waals surface area contributed by atoms with E-state index < -0.39 is 0 Å². The molecule has 1 aliphatic heterocycles. The number of carbonyl (C=O) groups is 1. The van der Waals surface area contributed by atoms with Crippen LogP contribution in [0.5, 0.6) is 0 Å². The molecule has 38 heavy (non-hydrogen) atoms. The second-order valence-corrected chi connectivity index (χ2v) is 11.2. The van der Waals surface area contributed by atoms with Crippen molar-refractivity contribution in [1.29, 1.82) is 0 Å². The monoisotopic (exact) mass is 569 g/mol. The molecule has 200 valence electrons. The molecule has 6 rings (SSSR count). The number of amides is 1. The van der Waals surface area contributed by atoms with Crippen molar-refractivity contribution in [2.45, 2.75) is 39.2 Å². The fourth-order valence-electron chi connectivity index (χ4n) is 5.50. The maximum Gasteiger partial charge on any atom is 0.267 e. The summed E-state index contributed by atoms with van der Waals surface area (Å²) in [6, 6.07) is 19.8. The van der Waals surface area contributed by atoms with Gasteiger partial charge in [-0.25, -0.2) is 4.98 Å². The standard InChI is InChI=1S/C29H31N5OS.2ClH/c1-18-7-12-23-25(30-18)5-4-6-26(23)33-13-15-34(16-14-33)27-17-24(27)21-8-10-22(11-9-21)32-29(35)28-19(2)31-20(3)36-28;;/h4-12,24,27H,13-17H2,1-3H3,(H,32,35);2*1H. The van der Waals surface area contributed by atoms with Crippen molar-refractivity contribution in [2.75, 3.05) is 36.4 Å². The van der Waals surface area contributed by atoms with Gasteiger partial charge in [0.05, 0.1) is 16.2 Å². The van der Waals surface area contributed by atoms with Gasteiger partial charge in [0.15, 0.2) is 0 Å². The minimum atomic E-state index is -0.0786. The third-order valence-corrected chi connectivity index (χ3v) is 8.51. The van der Waals surface area contributed by atoms with Gasteiger partial charge in [0.1, 0.15) is 4.88 Å². The van der Waals surface area contributed by atoms with Gasteiger partial charge in [-0.1, -0.05) is 18.2 Å². The Bertz CT molecular complexity index is 1430. The fourth-order valence-corrected chi connectivity index (χ4v) is 6.31. The molecule has 1 amide bonds. The van der Waals surface area contributed by atoms with E-state index in [1.807, 2.05) is 32.9 Å². The van der Waals surface area contributed by atoms with Crippen LogP contribution in [-0.4, -0.2) is 53.0 Å². The zero-order chi connectivity index (χ0) is 24.8. The van der Waals surface area contributed by atoms with Gasteiger partial charge >= 0.3 is 0 Å². The summed E-state index contributed by atoms with van der Waals surface area (Å²) in [5.74, 6) is 0.502. The topological polar surface area (TPSA) is 61.4 Å². The average Bonchev–Trinajstić information content (AvgIpc) is 3.60. The molecule has 3 heterocycles. The van der Waals surface area contributed by atoms with E-state index in [9.17, 15) is 4.79 Å². The Kier molecular flexibility index (Phi) is 8.62. The largest absolute Gasteiger partial charge is 0.368 e. The minimum Gasteiger partial charge on any atom is -0.368 e. The Morgan fingerprint density at radius 2 is 1.66 bits per heavy atom. The van der Waals surface area contributed by atoms with Gasteiger partial charge in [-0.2, -0.15) is 0 Å². The Morgan fingerprint density at radius 3 is 2.34 bits per heavy atom. The van der Waals surface area contributed by atoms with Crippen LogP contribution in [-0.2, 0) is 0 Å². The molecule has 1 N–H and O–H groups in total. The van der Waals surface area contributed by atoms with Gasteiger partial charge < -0.3 is 10.2 Å². The van der Waals surface area contributed by atoms with E-state index in [1.54, 1.807) is 0 Å². The summed E-state index contributed by atoms with van der Waals surface area (Å²) >= 11 is 1.44. The molecule has 0 radical (unpaired) electrons. The highest BCUT2D eigenvalue weighted by Gasteiger charge is 2.43. The minimum absolute atomic E-state index is 0. The Morgan fingerprint density at radius 1 is 0.921 bits per heavy atom. The molecule has 1 aliphatic carbocycles. The molecule has 2 atom stereocenters. The number of pyridine rings is 1. The van der Waals surface area contributed by atoms with Crippen LogP contribution in [0.15, 0.2) is 54.6 Å². The molecule has 1 saturated carbocycles. The third kappa shape index (κ3) is 5.66. The predicted octanol–water partition coefficient (Wildman–Crippen LogP) is 6.39. The van der Waals surface area contributed by atoms with Crippen LogP contribution < -0.4 is 10.2 Å². The number of carbonyl (C=O) groups excluding carboxylic acids is 1. The highest BCUT2D eigenvalue weighted by Crippen LogP contribution is 2.45. The zero-order valence-corrected chi connectivity index (χ0v) is 24.3. The molecular formula is C29H33Cl2N5OS. The summed E-state index contributed by atoms with van der Waals surface area (Å²) in [6.07, 6.45) is 1.21. The van der Waals surface area contributed by atoms with Gasteiger partial charge in [0, 0.05) is 60.6 Å². The van der Waals surface area contributed by atoms with Crippen LogP contribution >= 0.6 is 36.2 Å². The summed E-state index contributed by atoms with van der Waals surface area (Å²) in [5.41, 5.74) is 6.42. The van der Waals surface area contributed by atoms with Crippen LogP contribution in [0, 0.1) is 20.8 Å². The quantitative estimate of drug-likeness (QED) is 0.301. The number of piperazine rings is 1. The van der Waals surface area contributed by atoms with Crippen molar-refractivity contribution >= 4 is 64.3 Å². The smallest absolute Gasteiger partial charge is 0.267 e. The fraction of sp³-hybridized carbons (Fsp3) is 0.345. The van der Waals surface area contributed by atoms with Crippen LogP contribution in [0.2, 0.25) is 0 Å². The number of aryl methyl sites for hydroxylation is 3. The molecule has 0 spiro atoms. The Balaban J connectivity index is 0.00000168. The van der Waals surface area contributed by atoms with Gasteiger partial charge in [0.25, 0.3) is 5.91 Å². The van der Waals surface area contributed by atoms with E-state index in [1.165, 1.54) is 34.4 Å². The van der Waals surface area contributed by atoms with E-state index in [2.05, 4.69) is 62.6 Å². The number of rotatable bonds is 5. The number of nitrogens with zero attached hydrogens (tertiary/aromatic N) is 4. The van der Waals surface area contributed by atoms with Crippen molar-refractivity contribution < 1.29 is 4.79 Å². The van der Waals surface area contributed by atoms with E-state index in [0.717, 1.165) is 53.8 Å². The molecule has 2 fully saturated rings. The van der Waals surface area contributed by atoms with E-state index in [0.29, 0.717) is 16.8 Å². The normalized spacial score (nSPS) is 19.0. The number of aromatic nitrogens is 2. The number of fused-ring (bicyclic) bond motifs is 1. The van der Waals surface area contributed by atoms with Crippen LogP contribution in [0.1, 0.15) is 44.0 Å². The molecule has 1 saturated heterocycles. The van der Waals surface area contributed by atoms with Gasteiger partial charge in [-0.15, -0.1) is 36.2 Å². The number of nitrogens with one attached hydrogen (secondary N) is 1. The lowest BCUT2D eigenvalue weighted by Gasteiger charge is -2.37. The average molecular weight is 571 g/mol. The summed E-state index contributed by atoms with van der Waals surface area (Å²) in [7, 11) is 0. The van der Waals surface area contributed by atoms with Crippen LogP contribution in [0.25, 0.3) is 10.9 Å². The van der Waals surface area contributed by atoms with Gasteiger partial charge in [0.2, 0.25) is 0 Å². The second-order valence-electron chi connectivity index (χ2n) is 9.95. The molecule has 2 aromatic heterocycles. The molecule has 4 aromatic rings. The molecule has 2 aliphatic rings. The number of thiazole rings is 1. The number of benzene rings is 2. The second kappa shape index (κ2) is 11.6. The summed E-state index contributed by atoms with van der Waals surface area (Å²) < 4.78 is 0. The Labute approximate surface area is 240 Å². The van der Waals surface area contributed by atoms with E-state index in [4.69, 9.17) is 4.98 Å². The Hall–Kier alpha value is -2.71. The molecule has 2 aromatic carbocycles. The third-order valence-electron chi connectivity index (χ3n) is 7.44. The van der Waals surface area contributed by atoms with Crippen molar-refractivity contribution in [3.63, 3.8) is 0 Å². The van der Waals surface area contributed by atoms with Crippen molar-refractivity contribution in [2.24, 2.45) is 0 Å². The number of halogens is 2. The number of hydrogen-bond acceptors (Lipinski definition) is 6. The van der Waals surface area contributed by atoms with Crippen LogP contribution in [0.4, 0.5) is 11.4 Å². The first kappa shape index (κ1) is 28.3. The molecule has 2 unspecified atom stereocenters. The molecule has 0 bridgehead atoms. The van der Waals surface area contributed by atoms with Crippen molar-refractivity contribution in [3.05, 3.63) is 81.4 Å². The first-order valence-electron chi connectivity index (χ1n) is 12.7. The maximum absolute atomic E-state index is 12.6. The predicted molar refractivity (Wildman–Crippen MR) is 162 cm³/mol. The van der Waals surface area contributed by atoms with Gasteiger partial charge in [-0.3, -0.25) is 14.7 Å². The van der Waals surface area contributed by atoms with Crippen molar-refractivity contribution in [3.8, 4) is 0 Å². The maximum atomic E-state index is 12.6. The summed E-state index contributed by atoms with van der Waals surface area (Å²) in [5, 5.41) is 5.18. The first-order valence-corrected chi connectivity index (χ1v) is 13.5. The van der Waals surface area contributed by atoms with Gasteiger partial charge in [-0.05, 0) is 69.2 Å². The zero-order valence-electron chi connectivity index (χ0n) is 21.8. The highest BCUT2D eigenvalue weighted by molar-refractivity contribution is 7.13. The SMILES string of the molecule is Cc1ccc2c(N3CCN(C4CC4c4ccc(NC(=O)c5sc(C)nc5C)cc4)CC3)cccc2n1.Cl.Cl.